The van der Waals surface area contributed by atoms with Crippen molar-refractivity contribution in [2.45, 2.75) is 44.9 Å². The standard InChI is InChI=1S/C19H23NO2/c1-19(2)15-12-14(18(21)22)9-10-16(15)20(3)17(19)11-8-13-6-4-5-7-13/h8-13H,4-7H2,1-3H3/p+1/b11-8+. The predicted octanol–water partition coefficient (Wildman–Crippen LogP) is 4.14. The Balaban J connectivity index is 1.98. The third kappa shape index (κ3) is 2.39. The van der Waals surface area contributed by atoms with Crippen molar-refractivity contribution in [1.29, 1.82) is 0 Å². The topological polar surface area (TPSA) is 40.3 Å². The zero-order valence-corrected chi connectivity index (χ0v) is 13.6. The average Bonchev–Trinajstić information content (AvgIpc) is 3.04. The van der Waals surface area contributed by atoms with E-state index in [9.17, 15) is 9.90 Å². The number of fused-ring (bicyclic) bond motifs is 1. The maximum Gasteiger partial charge on any atom is 0.335 e. The molecule has 1 fully saturated rings. The van der Waals surface area contributed by atoms with Crippen molar-refractivity contribution in [3.8, 4) is 0 Å². The van der Waals surface area contributed by atoms with Crippen molar-refractivity contribution in [3.63, 3.8) is 0 Å². The average molecular weight is 298 g/mol. The van der Waals surface area contributed by atoms with Crippen molar-refractivity contribution >= 4 is 17.4 Å². The Bertz CT molecular complexity index is 677. The van der Waals surface area contributed by atoms with Crippen LogP contribution in [-0.2, 0) is 5.41 Å². The molecule has 3 nitrogen and oxygen atoms in total. The Morgan fingerprint density at radius 3 is 2.64 bits per heavy atom. The van der Waals surface area contributed by atoms with Gasteiger partial charge in [-0.3, -0.25) is 0 Å². The predicted molar refractivity (Wildman–Crippen MR) is 88.4 cm³/mol. The highest BCUT2D eigenvalue weighted by molar-refractivity contribution is 6.03. The molecular formula is C19H24NO2+. The third-order valence-corrected chi connectivity index (χ3v) is 5.21. The highest BCUT2D eigenvalue weighted by Gasteiger charge is 2.43. The lowest BCUT2D eigenvalue weighted by atomic mass is 9.80. The number of carboxylic acid groups (broad SMARTS) is 1. The quantitative estimate of drug-likeness (QED) is 0.852. The number of aromatic carboxylic acids is 1. The van der Waals surface area contributed by atoms with Crippen molar-refractivity contribution in [2.75, 3.05) is 7.05 Å². The number of hydrogen-bond donors (Lipinski definition) is 1. The summed E-state index contributed by atoms with van der Waals surface area (Å²) in [4.78, 5) is 11.2. The summed E-state index contributed by atoms with van der Waals surface area (Å²) in [5, 5.41) is 9.23. The summed E-state index contributed by atoms with van der Waals surface area (Å²) in [6.07, 6.45) is 9.88. The number of allylic oxidation sites excluding steroid dienone is 2. The maximum atomic E-state index is 11.2. The van der Waals surface area contributed by atoms with Gasteiger partial charge in [0.25, 0.3) is 0 Å². The second-order valence-electron chi connectivity index (χ2n) is 7.01. The van der Waals surface area contributed by atoms with E-state index in [2.05, 4.69) is 37.6 Å². The van der Waals surface area contributed by atoms with Crippen LogP contribution in [0.4, 0.5) is 5.69 Å². The van der Waals surface area contributed by atoms with E-state index in [1.165, 1.54) is 31.4 Å². The molecule has 3 heteroatoms. The van der Waals surface area contributed by atoms with Gasteiger partial charge in [-0.05, 0) is 44.7 Å². The van der Waals surface area contributed by atoms with Gasteiger partial charge in [0, 0.05) is 17.7 Å². The van der Waals surface area contributed by atoms with Gasteiger partial charge in [0.05, 0.1) is 11.0 Å². The van der Waals surface area contributed by atoms with Gasteiger partial charge >= 0.3 is 5.97 Å². The molecule has 1 N–H and O–H groups in total. The minimum atomic E-state index is -0.865. The number of nitrogens with zero attached hydrogens (tertiary/aromatic N) is 1. The lowest BCUT2D eigenvalue weighted by molar-refractivity contribution is -0.401. The molecule has 116 valence electrons. The summed E-state index contributed by atoms with van der Waals surface area (Å²) < 4.78 is 2.20. The Hall–Kier alpha value is -1.90. The number of carboxylic acids is 1. The van der Waals surface area contributed by atoms with E-state index in [0.29, 0.717) is 11.5 Å². The SMILES string of the molecule is C[N+]1=C(/C=C/C2CCCC2)C(C)(C)c2cc(C(=O)O)ccc21. The van der Waals surface area contributed by atoms with Crippen LogP contribution in [0.1, 0.15) is 55.5 Å². The molecule has 2 aliphatic rings. The third-order valence-electron chi connectivity index (χ3n) is 5.21. The van der Waals surface area contributed by atoms with Crippen molar-refractivity contribution in [2.24, 2.45) is 5.92 Å². The summed E-state index contributed by atoms with van der Waals surface area (Å²) in [5.41, 5.74) is 3.66. The first kappa shape index (κ1) is 15.0. The van der Waals surface area contributed by atoms with Crippen LogP contribution in [0.25, 0.3) is 0 Å². The van der Waals surface area contributed by atoms with Gasteiger partial charge in [-0.2, -0.15) is 4.58 Å². The van der Waals surface area contributed by atoms with Crippen molar-refractivity contribution in [3.05, 3.63) is 41.5 Å². The van der Waals surface area contributed by atoms with Crippen LogP contribution in [0, 0.1) is 5.92 Å². The molecule has 1 saturated carbocycles. The highest BCUT2D eigenvalue weighted by atomic mass is 16.4. The maximum absolute atomic E-state index is 11.2. The second kappa shape index (κ2) is 5.38. The smallest absolute Gasteiger partial charge is 0.335 e. The van der Waals surface area contributed by atoms with Crippen LogP contribution in [0.2, 0.25) is 0 Å². The molecule has 1 aliphatic heterocycles. The first-order valence-corrected chi connectivity index (χ1v) is 8.08. The lowest BCUT2D eigenvalue weighted by Crippen LogP contribution is -2.27. The molecule has 0 atom stereocenters. The Morgan fingerprint density at radius 2 is 2.00 bits per heavy atom. The van der Waals surface area contributed by atoms with Crippen LogP contribution in [0.15, 0.2) is 30.4 Å². The van der Waals surface area contributed by atoms with Gasteiger partial charge < -0.3 is 5.11 Å². The zero-order chi connectivity index (χ0) is 15.9. The monoisotopic (exact) mass is 298 g/mol. The molecular weight excluding hydrogens is 274 g/mol. The van der Waals surface area contributed by atoms with E-state index in [-0.39, 0.29) is 5.41 Å². The lowest BCUT2D eigenvalue weighted by Gasteiger charge is -2.16. The molecule has 0 bridgehead atoms. The first-order chi connectivity index (χ1) is 10.4. The first-order valence-electron chi connectivity index (χ1n) is 8.08. The van der Waals surface area contributed by atoms with Gasteiger partial charge in [0.1, 0.15) is 7.05 Å². The van der Waals surface area contributed by atoms with Gasteiger partial charge in [-0.25, -0.2) is 4.79 Å². The molecule has 0 unspecified atom stereocenters. The molecule has 0 radical (unpaired) electrons. The molecule has 1 aromatic rings. The summed E-state index contributed by atoms with van der Waals surface area (Å²) in [6, 6.07) is 5.44. The number of carbonyl (C=O) groups is 1. The minimum Gasteiger partial charge on any atom is -0.478 e. The van der Waals surface area contributed by atoms with Gasteiger partial charge in [0.2, 0.25) is 5.69 Å². The zero-order valence-electron chi connectivity index (χ0n) is 13.6. The molecule has 1 aliphatic carbocycles. The van der Waals surface area contributed by atoms with E-state index < -0.39 is 5.97 Å². The van der Waals surface area contributed by atoms with E-state index in [1.54, 1.807) is 6.07 Å². The van der Waals surface area contributed by atoms with Crippen LogP contribution in [-0.4, -0.2) is 28.4 Å². The van der Waals surface area contributed by atoms with Crippen LogP contribution < -0.4 is 0 Å². The Labute approximate surface area is 132 Å². The Morgan fingerprint density at radius 1 is 1.32 bits per heavy atom. The number of benzene rings is 1. The van der Waals surface area contributed by atoms with E-state index in [1.807, 2.05) is 12.1 Å². The molecule has 3 rings (SSSR count). The normalized spacial score (nSPS) is 20.9. The van der Waals surface area contributed by atoms with Gasteiger partial charge in [-0.1, -0.05) is 18.9 Å². The second-order valence-corrected chi connectivity index (χ2v) is 7.01. The fraction of sp³-hybridized carbons (Fsp3) is 0.474. The van der Waals surface area contributed by atoms with E-state index in [0.717, 1.165) is 11.3 Å². The fourth-order valence-corrected chi connectivity index (χ4v) is 3.85. The molecule has 0 amide bonds. The number of hydrogen-bond acceptors (Lipinski definition) is 1. The van der Waals surface area contributed by atoms with E-state index in [4.69, 9.17) is 0 Å². The minimum absolute atomic E-state index is 0.162. The molecule has 1 heterocycles. The molecule has 22 heavy (non-hydrogen) atoms. The summed E-state index contributed by atoms with van der Waals surface area (Å²) in [7, 11) is 2.07. The largest absolute Gasteiger partial charge is 0.478 e. The van der Waals surface area contributed by atoms with Crippen LogP contribution >= 0.6 is 0 Å². The van der Waals surface area contributed by atoms with Crippen LogP contribution in [0.3, 0.4) is 0 Å². The van der Waals surface area contributed by atoms with Crippen molar-refractivity contribution < 1.29 is 14.5 Å². The van der Waals surface area contributed by atoms with E-state index >= 15 is 0 Å². The Kier molecular flexibility index (Phi) is 3.67. The van der Waals surface area contributed by atoms with Crippen LogP contribution in [0.5, 0.6) is 0 Å². The molecule has 1 aromatic carbocycles. The highest BCUT2D eigenvalue weighted by Crippen LogP contribution is 2.40. The number of rotatable bonds is 3. The van der Waals surface area contributed by atoms with Gasteiger partial charge in [0.15, 0.2) is 5.71 Å². The van der Waals surface area contributed by atoms with Crippen molar-refractivity contribution in [1.82, 2.24) is 0 Å². The summed E-state index contributed by atoms with van der Waals surface area (Å²) in [5.74, 6) is -0.161. The molecule has 0 aromatic heterocycles. The molecule has 0 spiro atoms. The summed E-state index contributed by atoms with van der Waals surface area (Å²) in [6.45, 7) is 4.35. The molecule has 0 saturated heterocycles. The van der Waals surface area contributed by atoms with Gasteiger partial charge in [-0.15, -0.1) is 0 Å². The fourth-order valence-electron chi connectivity index (χ4n) is 3.85. The summed E-state index contributed by atoms with van der Waals surface area (Å²) >= 11 is 0.